The van der Waals surface area contributed by atoms with E-state index in [-0.39, 0.29) is 11.8 Å². The summed E-state index contributed by atoms with van der Waals surface area (Å²) in [6, 6.07) is 0. The number of carbonyl (C=O) groups excluding carboxylic acids is 2. The van der Waals surface area contributed by atoms with Crippen molar-refractivity contribution >= 4 is 23.3 Å². The van der Waals surface area contributed by atoms with Gasteiger partial charge in [-0.2, -0.15) is 0 Å². The molecule has 2 N–H and O–H groups in total. The number of hydrogen-bond donors (Lipinski definition) is 2. The van der Waals surface area contributed by atoms with E-state index in [1.807, 2.05) is 4.31 Å². The summed E-state index contributed by atoms with van der Waals surface area (Å²) in [7, 11) is -1.37. The van der Waals surface area contributed by atoms with Crippen LogP contribution in [0.15, 0.2) is 35.4 Å². The van der Waals surface area contributed by atoms with Crippen LogP contribution in [-0.2, 0) is 20.6 Å². The van der Waals surface area contributed by atoms with Crippen LogP contribution >= 0.6 is 0 Å². The molecule has 7 heteroatoms. The zero-order valence-electron chi connectivity index (χ0n) is 16.8. The zero-order valence-corrected chi connectivity index (χ0v) is 17.6. The first-order chi connectivity index (χ1) is 13.5. The average Bonchev–Trinajstić information content (AvgIpc) is 2.73. The lowest BCUT2D eigenvalue weighted by atomic mass is 9.89. The summed E-state index contributed by atoms with van der Waals surface area (Å²) >= 11 is 0. The molecule has 2 unspecified atom stereocenters. The van der Waals surface area contributed by atoms with Crippen molar-refractivity contribution in [3.63, 3.8) is 0 Å². The number of allylic oxidation sites excluding steroid dienone is 4. The lowest BCUT2D eigenvalue weighted by Gasteiger charge is -2.31. The van der Waals surface area contributed by atoms with E-state index < -0.39 is 11.0 Å². The molecule has 2 amide bonds. The second kappa shape index (κ2) is 12.0. The third kappa shape index (κ3) is 7.02. The number of nitrogens with one attached hydrogen (secondary N) is 2. The predicted molar refractivity (Wildman–Crippen MR) is 113 cm³/mol. The molecule has 0 aromatic rings. The average molecular weight is 408 g/mol. The highest BCUT2D eigenvalue weighted by molar-refractivity contribution is 7.86. The fourth-order valence-corrected chi connectivity index (χ4v) is 5.02. The Morgan fingerprint density at radius 1 is 1.18 bits per heavy atom. The van der Waals surface area contributed by atoms with E-state index in [0.717, 1.165) is 19.4 Å². The van der Waals surface area contributed by atoms with Crippen LogP contribution in [0.2, 0.25) is 0 Å². The maximum Gasteiger partial charge on any atom is 0.224 e. The SMILES string of the molecule is C=C/C(=C\C=C(/C)NC=O)S(=O)N1CCCC(C(=O)NCC2CCCCC2)C1. The molecule has 0 radical (unpaired) electrons. The Labute approximate surface area is 171 Å². The molecule has 28 heavy (non-hydrogen) atoms. The van der Waals surface area contributed by atoms with E-state index in [1.165, 1.54) is 32.1 Å². The van der Waals surface area contributed by atoms with Gasteiger partial charge in [0.15, 0.2) is 0 Å². The molecule has 2 rings (SSSR count). The molecule has 6 nitrogen and oxygen atoms in total. The van der Waals surface area contributed by atoms with Crippen molar-refractivity contribution in [1.82, 2.24) is 14.9 Å². The standard InChI is InChI=1S/C21H33N3O3S/c1-3-20(12-11-17(2)23-16-25)28(27)24-13-7-10-19(15-24)21(26)22-14-18-8-5-4-6-9-18/h3,11-12,16,18-19H,1,4-10,13-15H2,2H3,(H,22,26)(H,23,25)/b17-11+,20-12+. The van der Waals surface area contributed by atoms with Crippen molar-refractivity contribution in [2.75, 3.05) is 19.6 Å². The van der Waals surface area contributed by atoms with Crippen LogP contribution in [-0.4, -0.2) is 40.5 Å². The summed E-state index contributed by atoms with van der Waals surface area (Å²) in [5.41, 5.74) is 0.657. The van der Waals surface area contributed by atoms with Gasteiger partial charge in [0.25, 0.3) is 0 Å². The first-order valence-electron chi connectivity index (χ1n) is 10.2. The van der Waals surface area contributed by atoms with E-state index in [4.69, 9.17) is 0 Å². The molecule has 0 bridgehead atoms. The number of rotatable bonds is 9. The Bertz CT molecular complexity index is 639. The highest BCUT2D eigenvalue weighted by atomic mass is 32.2. The van der Waals surface area contributed by atoms with Crippen molar-refractivity contribution in [1.29, 1.82) is 0 Å². The molecule has 1 aliphatic carbocycles. The molecule has 0 aromatic carbocycles. The summed E-state index contributed by atoms with van der Waals surface area (Å²) in [6.45, 7) is 7.45. The van der Waals surface area contributed by atoms with Crippen LogP contribution in [0.25, 0.3) is 0 Å². The summed E-state index contributed by atoms with van der Waals surface area (Å²) in [5, 5.41) is 5.67. The van der Waals surface area contributed by atoms with Crippen molar-refractivity contribution in [3.05, 3.63) is 35.4 Å². The number of hydrogen-bond acceptors (Lipinski definition) is 3. The third-order valence-electron chi connectivity index (χ3n) is 5.47. The highest BCUT2D eigenvalue weighted by Crippen LogP contribution is 2.24. The van der Waals surface area contributed by atoms with Gasteiger partial charge in [-0.15, -0.1) is 0 Å². The lowest BCUT2D eigenvalue weighted by molar-refractivity contribution is -0.126. The molecular formula is C21H33N3O3S. The smallest absolute Gasteiger partial charge is 0.224 e. The van der Waals surface area contributed by atoms with Gasteiger partial charge in [-0.05, 0) is 50.7 Å². The number of carbonyl (C=O) groups is 2. The first-order valence-corrected chi connectivity index (χ1v) is 11.3. The van der Waals surface area contributed by atoms with Crippen molar-refractivity contribution in [2.45, 2.75) is 51.9 Å². The molecule has 2 fully saturated rings. The minimum absolute atomic E-state index is 0.0855. The number of amides is 2. The maximum absolute atomic E-state index is 12.9. The topological polar surface area (TPSA) is 78.5 Å². The van der Waals surface area contributed by atoms with Gasteiger partial charge in [0.2, 0.25) is 12.3 Å². The summed E-state index contributed by atoms with van der Waals surface area (Å²) in [5.74, 6) is 0.570. The van der Waals surface area contributed by atoms with Crippen LogP contribution in [0.4, 0.5) is 0 Å². The second-order valence-corrected chi connectivity index (χ2v) is 9.10. The fourth-order valence-electron chi connectivity index (χ4n) is 3.78. The predicted octanol–water partition coefficient (Wildman–Crippen LogP) is 2.78. The largest absolute Gasteiger partial charge is 0.356 e. The number of piperidine rings is 1. The molecule has 1 saturated carbocycles. The Balaban J connectivity index is 1.91. The second-order valence-electron chi connectivity index (χ2n) is 7.61. The molecule has 1 saturated heterocycles. The lowest BCUT2D eigenvalue weighted by Crippen LogP contribution is -2.44. The van der Waals surface area contributed by atoms with Crippen LogP contribution in [0.3, 0.4) is 0 Å². The van der Waals surface area contributed by atoms with Crippen LogP contribution in [0.1, 0.15) is 51.9 Å². The molecule has 0 aromatic heterocycles. The van der Waals surface area contributed by atoms with Gasteiger partial charge in [0.1, 0.15) is 11.0 Å². The normalized spacial score (nSPS) is 23.7. The first kappa shape index (κ1) is 22.6. The van der Waals surface area contributed by atoms with E-state index >= 15 is 0 Å². The van der Waals surface area contributed by atoms with E-state index in [2.05, 4.69) is 17.2 Å². The molecular weight excluding hydrogens is 374 g/mol. The maximum atomic E-state index is 12.9. The quantitative estimate of drug-likeness (QED) is 0.456. The van der Waals surface area contributed by atoms with Crippen LogP contribution < -0.4 is 10.6 Å². The monoisotopic (exact) mass is 407 g/mol. The van der Waals surface area contributed by atoms with Crippen LogP contribution in [0.5, 0.6) is 0 Å². The van der Waals surface area contributed by atoms with Gasteiger partial charge in [0, 0.05) is 25.3 Å². The highest BCUT2D eigenvalue weighted by Gasteiger charge is 2.29. The molecule has 1 aliphatic heterocycles. The fraction of sp³-hybridized carbons (Fsp3) is 0.619. The van der Waals surface area contributed by atoms with Gasteiger partial charge in [0.05, 0.1) is 10.8 Å². The van der Waals surface area contributed by atoms with Crippen molar-refractivity contribution in [3.8, 4) is 0 Å². The van der Waals surface area contributed by atoms with E-state index in [9.17, 15) is 13.8 Å². The Kier molecular flexibility index (Phi) is 9.64. The molecule has 0 spiro atoms. The van der Waals surface area contributed by atoms with Gasteiger partial charge in [-0.25, -0.2) is 8.51 Å². The number of nitrogens with zero attached hydrogens (tertiary/aromatic N) is 1. The Hall–Kier alpha value is -1.73. The minimum atomic E-state index is -1.37. The zero-order chi connectivity index (χ0) is 20.4. The van der Waals surface area contributed by atoms with E-state index in [0.29, 0.717) is 36.0 Å². The van der Waals surface area contributed by atoms with Gasteiger partial charge in [-0.3, -0.25) is 9.59 Å². The van der Waals surface area contributed by atoms with Gasteiger partial charge in [-0.1, -0.05) is 31.9 Å². The summed E-state index contributed by atoms with van der Waals surface area (Å²) < 4.78 is 14.8. The van der Waals surface area contributed by atoms with E-state index in [1.54, 1.807) is 25.2 Å². The van der Waals surface area contributed by atoms with Crippen molar-refractivity contribution < 1.29 is 13.8 Å². The summed E-state index contributed by atoms with van der Waals surface area (Å²) in [4.78, 5) is 23.6. The molecule has 2 atom stereocenters. The Morgan fingerprint density at radius 3 is 2.61 bits per heavy atom. The van der Waals surface area contributed by atoms with Crippen molar-refractivity contribution in [2.24, 2.45) is 11.8 Å². The Morgan fingerprint density at radius 2 is 1.93 bits per heavy atom. The summed E-state index contributed by atoms with van der Waals surface area (Å²) in [6.07, 6.45) is 13.5. The molecule has 2 aliphatic rings. The third-order valence-corrected chi connectivity index (χ3v) is 6.97. The minimum Gasteiger partial charge on any atom is -0.356 e. The molecule has 156 valence electrons. The van der Waals surface area contributed by atoms with Gasteiger partial charge < -0.3 is 10.6 Å². The van der Waals surface area contributed by atoms with Crippen LogP contribution in [0, 0.1) is 11.8 Å². The van der Waals surface area contributed by atoms with Gasteiger partial charge >= 0.3 is 0 Å². The molecule has 1 heterocycles.